The summed E-state index contributed by atoms with van der Waals surface area (Å²) in [6.45, 7) is 0.176. The number of halogens is 6. The van der Waals surface area contributed by atoms with E-state index in [9.17, 15) is 35.9 Å². The van der Waals surface area contributed by atoms with Gasteiger partial charge in [0.1, 0.15) is 11.8 Å². The van der Waals surface area contributed by atoms with Crippen molar-refractivity contribution in [2.45, 2.75) is 43.8 Å². The van der Waals surface area contributed by atoms with Crippen molar-refractivity contribution >= 4 is 22.7 Å². The fourth-order valence-corrected chi connectivity index (χ4v) is 4.58. The van der Waals surface area contributed by atoms with Gasteiger partial charge in [0.15, 0.2) is 0 Å². The van der Waals surface area contributed by atoms with Gasteiger partial charge in [-0.05, 0) is 49.1 Å². The summed E-state index contributed by atoms with van der Waals surface area (Å²) in [6, 6.07) is 10.4. The highest BCUT2D eigenvalue weighted by molar-refractivity contribution is 6.21. The number of nitrogens with zero attached hydrogens (tertiary/aromatic N) is 2. The summed E-state index contributed by atoms with van der Waals surface area (Å²) in [7, 11) is 0. The molecule has 3 heterocycles. The minimum atomic E-state index is -4.93. The lowest BCUT2D eigenvalue weighted by atomic mass is 9.98. The van der Waals surface area contributed by atoms with Crippen LogP contribution in [0.15, 0.2) is 48.5 Å². The Morgan fingerprint density at radius 1 is 0.861 bits per heavy atom. The number of rotatable bonds is 6. The monoisotopic (exact) mass is 508 g/mol. The minimum Gasteiger partial charge on any atom is -0.364 e. The predicted molar refractivity (Wildman–Crippen MR) is 115 cm³/mol. The maximum atomic E-state index is 13.4. The molecule has 2 amide bonds. The molecule has 0 N–H and O–H groups in total. The van der Waals surface area contributed by atoms with E-state index in [0.717, 1.165) is 17.0 Å². The van der Waals surface area contributed by atoms with Crippen LogP contribution < -0.4 is 0 Å². The number of epoxide rings is 1. The molecule has 2 aliphatic rings. The van der Waals surface area contributed by atoms with Gasteiger partial charge in [-0.2, -0.15) is 26.3 Å². The Balaban J connectivity index is 1.28. The second-order valence-corrected chi connectivity index (χ2v) is 8.69. The first-order valence-corrected chi connectivity index (χ1v) is 11.2. The number of hydrogen-bond donors (Lipinski definition) is 0. The average molecular weight is 508 g/mol. The van der Waals surface area contributed by atoms with Crippen LogP contribution in [0, 0.1) is 0 Å². The number of para-hydroxylation sites is 1. The predicted octanol–water partition coefficient (Wildman–Crippen LogP) is 6.18. The molecule has 1 saturated heterocycles. The van der Waals surface area contributed by atoms with E-state index in [1.54, 1.807) is 24.3 Å². The molecule has 0 radical (unpaired) electrons. The quantitative estimate of drug-likeness (QED) is 0.173. The summed E-state index contributed by atoms with van der Waals surface area (Å²) in [4.78, 5) is 29.3. The van der Waals surface area contributed by atoms with Crippen LogP contribution in [0.25, 0.3) is 10.9 Å². The van der Waals surface area contributed by atoms with E-state index in [4.69, 9.17) is 4.74 Å². The summed E-state index contributed by atoms with van der Waals surface area (Å²) in [5, 5.41) is -0.0450. The van der Waals surface area contributed by atoms with Crippen LogP contribution in [-0.2, 0) is 17.1 Å². The van der Waals surface area contributed by atoms with Crippen molar-refractivity contribution in [2.24, 2.45) is 0 Å². The maximum Gasteiger partial charge on any atom is 0.433 e. The Labute approximate surface area is 200 Å². The number of fused-ring (bicyclic) bond motifs is 2. The lowest BCUT2D eigenvalue weighted by molar-refractivity contribution is -0.142. The van der Waals surface area contributed by atoms with Crippen molar-refractivity contribution < 1.29 is 40.7 Å². The molecular weight excluding hydrogens is 490 g/mol. The van der Waals surface area contributed by atoms with Crippen molar-refractivity contribution in [1.29, 1.82) is 0 Å². The molecule has 188 valence electrons. The third kappa shape index (κ3) is 4.32. The number of amides is 2. The van der Waals surface area contributed by atoms with Crippen molar-refractivity contribution in [3.63, 3.8) is 0 Å². The summed E-state index contributed by atoms with van der Waals surface area (Å²) < 4.78 is 86.1. The summed E-state index contributed by atoms with van der Waals surface area (Å²) in [5.41, 5.74) is -2.74. The van der Waals surface area contributed by atoms with E-state index < -0.39 is 41.3 Å². The molecule has 0 saturated carbocycles. The number of aromatic nitrogens is 1. The summed E-state index contributed by atoms with van der Waals surface area (Å²) >= 11 is 0. The van der Waals surface area contributed by atoms with Crippen LogP contribution in [-0.4, -0.2) is 34.3 Å². The van der Waals surface area contributed by atoms with Gasteiger partial charge >= 0.3 is 12.4 Å². The lowest BCUT2D eigenvalue weighted by Crippen LogP contribution is -2.30. The first-order valence-electron chi connectivity index (χ1n) is 11.2. The van der Waals surface area contributed by atoms with E-state index in [0.29, 0.717) is 36.5 Å². The van der Waals surface area contributed by atoms with Crippen LogP contribution in [0.4, 0.5) is 26.3 Å². The number of imide groups is 1. The van der Waals surface area contributed by atoms with Crippen LogP contribution in [0.2, 0.25) is 0 Å². The molecule has 2 aliphatic heterocycles. The molecule has 0 aliphatic carbocycles. The lowest BCUT2D eigenvalue weighted by Gasteiger charge is -2.15. The van der Waals surface area contributed by atoms with Gasteiger partial charge in [0.25, 0.3) is 11.8 Å². The smallest absolute Gasteiger partial charge is 0.364 e. The van der Waals surface area contributed by atoms with Crippen LogP contribution in [0.5, 0.6) is 0 Å². The van der Waals surface area contributed by atoms with E-state index in [-0.39, 0.29) is 29.3 Å². The largest absolute Gasteiger partial charge is 0.433 e. The van der Waals surface area contributed by atoms with Gasteiger partial charge in [-0.3, -0.25) is 14.5 Å². The number of pyridine rings is 1. The number of unbranched alkanes of at least 4 members (excludes halogenated alkanes) is 1. The molecule has 5 nitrogen and oxygen atoms in total. The molecule has 5 rings (SSSR count). The molecule has 0 unspecified atom stereocenters. The topological polar surface area (TPSA) is 62.8 Å². The Bertz CT molecular complexity index is 1330. The molecule has 2 aromatic carbocycles. The number of carbonyl (C=O) groups is 2. The number of benzene rings is 2. The van der Waals surface area contributed by atoms with E-state index in [1.807, 2.05) is 0 Å². The Morgan fingerprint density at radius 3 is 2.14 bits per heavy atom. The second-order valence-electron chi connectivity index (χ2n) is 8.69. The number of alkyl halides is 6. The maximum absolute atomic E-state index is 13.4. The third-order valence-corrected chi connectivity index (χ3v) is 6.35. The zero-order chi connectivity index (χ0) is 25.8. The highest BCUT2D eigenvalue weighted by atomic mass is 19.4. The van der Waals surface area contributed by atoms with Crippen molar-refractivity contribution in [3.8, 4) is 0 Å². The highest BCUT2D eigenvalue weighted by Crippen LogP contribution is 2.47. The Kier molecular flexibility index (Phi) is 5.77. The molecule has 2 atom stereocenters. The van der Waals surface area contributed by atoms with Crippen LogP contribution in [0.1, 0.15) is 62.9 Å². The number of hydrogen-bond acceptors (Lipinski definition) is 4. The Morgan fingerprint density at radius 2 is 1.53 bits per heavy atom. The first kappa shape index (κ1) is 24.2. The number of carbonyl (C=O) groups excluding carboxylic acids is 2. The highest BCUT2D eigenvalue weighted by Gasteiger charge is 2.44. The SMILES string of the molecule is O=C1c2ccccc2C(=O)N1CCCC[C@@H]1O[C@@H]1c1cc(C(F)(F)F)nc2c(C(F)(F)F)cccc12. The molecule has 0 spiro atoms. The first-order chi connectivity index (χ1) is 17.0. The molecule has 1 aromatic heterocycles. The van der Waals surface area contributed by atoms with E-state index >= 15 is 0 Å². The molecule has 11 heteroatoms. The molecule has 36 heavy (non-hydrogen) atoms. The zero-order valence-corrected chi connectivity index (χ0v) is 18.5. The third-order valence-electron chi connectivity index (χ3n) is 6.35. The molecule has 3 aromatic rings. The minimum absolute atomic E-state index is 0.00349. The van der Waals surface area contributed by atoms with Gasteiger partial charge in [-0.25, -0.2) is 4.98 Å². The van der Waals surface area contributed by atoms with Crippen molar-refractivity contribution in [2.75, 3.05) is 6.54 Å². The van der Waals surface area contributed by atoms with Gasteiger partial charge in [0, 0.05) is 11.9 Å². The summed E-state index contributed by atoms with van der Waals surface area (Å²) in [5.74, 6) is -0.751. The molecule has 1 fully saturated rings. The fraction of sp³-hybridized carbons (Fsp3) is 0.320. The van der Waals surface area contributed by atoms with Gasteiger partial charge in [0.2, 0.25) is 0 Å². The van der Waals surface area contributed by atoms with E-state index in [1.165, 1.54) is 6.07 Å². The van der Waals surface area contributed by atoms with E-state index in [2.05, 4.69) is 4.98 Å². The average Bonchev–Trinajstić information content (AvgIpc) is 3.55. The Hall–Kier alpha value is -3.47. The molecule has 0 bridgehead atoms. The van der Waals surface area contributed by atoms with Gasteiger partial charge in [-0.15, -0.1) is 0 Å². The van der Waals surface area contributed by atoms with Gasteiger partial charge in [0.05, 0.1) is 28.3 Å². The number of ether oxygens (including phenoxy) is 1. The van der Waals surface area contributed by atoms with Crippen LogP contribution >= 0.6 is 0 Å². The second kappa shape index (κ2) is 8.58. The van der Waals surface area contributed by atoms with Crippen molar-refractivity contribution in [3.05, 3.63) is 76.5 Å². The van der Waals surface area contributed by atoms with Crippen molar-refractivity contribution in [1.82, 2.24) is 9.88 Å². The van der Waals surface area contributed by atoms with Crippen LogP contribution in [0.3, 0.4) is 0 Å². The summed E-state index contributed by atoms with van der Waals surface area (Å²) in [6.07, 6.45) is -9.76. The standard InChI is InChI=1S/C25H18F6N2O3/c26-24(27,28)17-9-5-8-13-16(12-19(25(29,30)31)32-20(13)17)21-18(36-21)10-3-4-11-33-22(34)14-6-1-2-7-15(14)23(33)35/h1-2,5-9,12,18,21H,3-4,10-11H2/t18-,21+/m0/s1. The van der Waals surface area contributed by atoms with Gasteiger partial charge < -0.3 is 4.74 Å². The fourth-order valence-electron chi connectivity index (χ4n) is 4.58. The normalized spacial score (nSPS) is 19.8. The molecular formula is C25H18F6N2O3. The zero-order valence-electron chi connectivity index (χ0n) is 18.5. The van der Waals surface area contributed by atoms with Gasteiger partial charge in [-0.1, -0.05) is 24.3 Å².